The number of carbonyl (C=O) groups is 1. The van der Waals surface area contributed by atoms with Gasteiger partial charge in [0.15, 0.2) is 0 Å². The molecular formula is C13H7F3N2O3. The summed E-state index contributed by atoms with van der Waals surface area (Å²) in [4.78, 5) is 21.5. The minimum atomic E-state index is -1.25. The Kier molecular flexibility index (Phi) is 3.88. The first-order valence-electron chi connectivity index (χ1n) is 5.59. The molecule has 0 saturated heterocycles. The van der Waals surface area contributed by atoms with Gasteiger partial charge in [-0.25, -0.2) is 13.2 Å². The summed E-state index contributed by atoms with van der Waals surface area (Å²) in [5.74, 6) is -4.47. The molecule has 0 fully saturated rings. The van der Waals surface area contributed by atoms with E-state index in [4.69, 9.17) is 0 Å². The van der Waals surface area contributed by atoms with Gasteiger partial charge >= 0.3 is 0 Å². The fourth-order valence-corrected chi connectivity index (χ4v) is 1.62. The number of carbonyl (C=O) groups excluding carboxylic acids is 1. The lowest BCUT2D eigenvalue weighted by Gasteiger charge is -2.07. The van der Waals surface area contributed by atoms with Crippen molar-refractivity contribution in [2.24, 2.45) is 0 Å². The maximum atomic E-state index is 13.5. The Balaban J connectivity index is 2.36. The lowest BCUT2D eigenvalue weighted by Crippen LogP contribution is -2.16. The highest BCUT2D eigenvalue weighted by molar-refractivity contribution is 6.04. The molecule has 0 heterocycles. The monoisotopic (exact) mass is 296 g/mol. The van der Waals surface area contributed by atoms with E-state index in [0.29, 0.717) is 0 Å². The Labute approximate surface area is 116 Å². The summed E-state index contributed by atoms with van der Waals surface area (Å²) in [7, 11) is 0. The minimum absolute atomic E-state index is 0.472. The Morgan fingerprint density at radius 1 is 1.05 bits per heavy atom. The van der Waals surface area contributed by atoms with Crippen LogP contribution in [0.4, 0.5) is 24.5 Å². The molecule has 0 aliphatic heterocycles. The third kappa shape index (κ3) is 2.99. The molecule has 5 nitrogen and oxygen atoms in total. The molecule has 2 aromatic carbocycles. The number of nitro groups is 1. The Bertz CT molecular complexity index is 714. The molecule has 21 heavy (non-hydrogen) atoms. The molecule has 0 unspecified atom stereocenters. The third-order valence-corrected chi connectivity index (χ3v) is 2.60. The van der Waals surface area contributed by atoms with Crippen LogP contribution in [0.5, 0.6) is 0 Å². The van der Waals surface area contributed by atoms with Gasteiger partial charge in [0.05, 0.1) is 10.6 Å². The molecule has 0 radical (unpaired) electrons. The maximum Gasteiger partial charge on any atom is 0.271 e. The predicted octanol–water partition coefficient (Wildman–Crippen LogP) is 3.26. The largest absolute Gasteiger partial charge is 0.319 e. The number of hydrogen-bond acceptors (Lipinski definition) is 3. The van der Waals surface area contributed by atoms with Crippen molar-refractivity contribution >= 4 is 17.3 Å². The van der Waals surface area contributed by atoms with Crippen molar-refractivity contribution in [2.45, 2.75) is 0 Å². The van der Waals surface area contributed by atoms with Gasteiger partial charge in [0, 0.05) is 12.1 Å². The second kappa shape index (κ2) is 5.61. The van der Waals surface area contributed by atoms with Crippen LogP contribution < -0.4 is 5.32 Å². The van der Waals surface area contributed by atoms with Gasteiger partial charge in [0.1, 0.15) is 23.0 Å². The van der Waals surface area contributed by atoms with E-state index in [1.807, 2.05) is 5.32 Å². The quantitative estimate of drug-likeness (QED) is 0.698. The zero-order valence-corrected chi connectivity index (χ0v) is 10.3. The number of non-ortho nitro benzene ring substituents is 1. The Morgan fingerprint density at radius 2 is 1.67 bits per heavy atom. The van der Waals surface area contributed by atoms with E-state index in [9.17, 15) is 28.1 Å². The van der Waals surface area contributed by atoms with Crippen LogP contribution in [0.25, 0.3) is 0 Å². The van der Waals surface area contributed by atoms with E-state index in [2.05, 4.69) is 0 Å². The zero-order chi connectivity index (χ0) is 15.6. The van der Waals surface area contributed by atoms with Crippen LogP contribution in [0.15, 0.2) is 36.4 Å². The van der Waals surface area contributed by atoms with Crippen LogP contribution in [0.3, 0.4) is 0 Å². The van der Waals surface area contributed by atoms with Crippen molar-refractivity contribution in [1.29, 1.82) is 0 Å². The summed E-state index contributed by atoms with van der Waals surface area (Å²) in [6.07, 6.45) is 0. The van der Waals surface area contributed by atoms with Crippen molar-refractivity contribution in [2.75, 3.05) is 5.32 Å². The van der Waals surface area contributed by atoms with Crippen molar-refractivity contribution < 1.29 is 22.9 Å². The Morgan fingerprint density at radius 3 is 2.24 bits per heavy atom. The summed E-state index contributed by atoms with van der Waals surface area (Å²) in [5, 5.41) is 12.5. The van der Waals surface area contributed by atoms with Gasteiger partial charge in [-0.1, -0.05) is 6.07 Å². The molecular weight excluding hydrogens is 289 g/mol. The highest BCUT2D eigenvalue weighted by Crippen LogP contribution is 2.22. The molecule has 1 amide bonds. The highest BCUT2D eigenvalue weighted by Gasteiger charge is 2.19. The molecule has 2 aromatic rings. The van der Waals surface area contributed by atoms with Gasteiger partial charge in [0.25, 0.3) is 11.6 Å². The van der Waals surface area contributed by atoms with Crippen LogP contribution in [0.2, 0.25) is 0 Å². The molecule has 0 spiro atoms. The summed E-state index contributed by atoms with van der Waals surface area (Å²) in [6.45, 7) is 0. The van der Waals surface area contributed by atoms with Gasteiger partial charge in [-0.15, -0.1) is 0 Å². The Hall–Kier alpha value is -2.90. The smallest absolute Gasteiger partial charge is 0.271 e. The topological polar surface area (TPSA) is 72.2 Å². The summed E-state index contributed by atoms with van der Waals surface area (Å²) in [6, 6.07) is 5.21. The number of nitrogens with zero attached hydrogens (tertiary/aromatic N) is 1. The number of amides is 1. The van der Waals surface area contributed by atoms with E-state index in [-0.39, 0.29) is 0 Å². The summed E-state index contributed by atoms with van der Waals surface area (Å²) in [5.41, 5.74) is -1.92. The fraction of sp³-hybridized carbons (Fsp3) is 0. The number of nitrogens with one attached hydrogen (secondary N) is 1. The number of halogens is 3. The van der Waals surface area contributed by atoms with Gasteiger partial charge < -0.3 is 5.32 Å². The average molecular weight is 296 g/mol. The third-order valence-electron chi connectivity index (χ3n) is 2.60. The predicted molar refractivity (Wildman–Crippen MR) is 67.4 cm³/mol. The lowest BCUT2D eigenvalue weighted by molar-refractivity contribution is -0.384. The van der Waals surface area contributed by atoms with Gasteiger partial charge in [-0.2, -0.15) is 0 Å². The van der Waals surface area contributed by atoms with Crippen LogP contribution in [0, 0.1) is 27.6 Å². The van der Waals surface area contributed by atoms with E-state index in [1.165, 1.54) is 0 Å². The van der Waals surface area contributed by atoms with Gasteiger partial charge in [-0.3, -0.25) is 14.9 Å². The molecule has 108 valence electrons. The second-order valence-electron chi connectivity index (χ2n) is 3.97. The molecule has 0 aliphatic carbocycles. The minimum Gasteiger partial charge on any atom is -0.319 e. The number of nitro benzene ring substituents is 1. The van der Waals surface area contributed by atoms with Gasteiger partial charge in [0.2, 0.25) is 0 Å². The van der Waals surface area contributed by atoms with Gasteiger partial charge in [-0.05, 0) is 18.2 Å². The normalized spacial score (nSPS) is 10.2. The fourth-order valence-electron chi connectivity index (χ4n) is 1.62. The number of anilines is 1. The SMILES string of the molecule is O=C(Nc1cc([N+](=O)[O-])ccc1F)c1c(F)cccc1F. The van der Waals surface area contributed by atoms with Crippen molar-refractivity contribution in [3.63, 3.8) is 0 Å². The van der Waals surface area contributed by atoms with E-state index >= 15 is 0 Å². The molecule has 0 aromatic heterocycles. The summed E-state index contributed by atoms with van der Waals surface area (Å²) < 4.78 is 40.3. The zero-order valence-electron chi connectivity index (χ0n) is 10.3. The molecule has 2 rings (SSSR count). The van der Waals surface area contributed by atoms with Crippen LogP contribution >= 0.6 is 0 Å². The van der Waals surface area contributed by atoms with E-state index < -0.39 is 45.2 Å². The van der Waals surface area contributed by atoms with Crippen LogP contribution in [0.1, 0.15) is 10.4 Å². The molecule has 0 saturated carbocycles. The molecule has 1 N–H and O–H groups in total. The molecule has 0 aliphatic rings. The standard InChI is InChI=1S/C13H7F3N2O3/c14-8-5-4-7(18(20)21)6-11(8)17-13(19)12-9(15)2-1-3-10(12)16/h1-6H,(H,17,19). The van der Waals surface area contributed by atoms with Crippen LogP contribution in [-0.4, -0.2) is 10.8 Å². The van der Waals surface area contributed by atoms with Crippen molar-refractivity contribution in [3.05, 3.63) is 69.5 Å². The van der Waals surface area contributed by atoms with Crippen molar-refractivity contribution in [3.8, 4) is 0 Å². The average Bonchev–Trinajstić information content (AvgIpc) is 2.40. The number of hydrogen-bond donors (Lipinski definition) is 1. The molecule has 8 heteroatoms. The first kappa shape index (κ1) is 14.5. The van der Waals surface area contributed by atoms with Crippen molar-refractivity contribution in [1.82, 2.24) is 0 Å². The number of benzene rings is 2. The molecule has 0 atom stereocenters. The summed E-state index contributed by atoms with van der Waals surface area (Å²) >= 11 is 0. The second-order valence-corrected chi connectivity index (χ2v) is 3.97. The van der Waals surface area contributed by atoms with E-state index in [0.717, 1.165) is 36.4 Å². The molecule has 0 bridgehead atoms. The number of rotatable bonds is 3. The maximum absolute atomic E-state index is 13.5. The van der Waals surface area contributed by atoms with E-state index in [1.54, 1.807) is 0 Å². The lowest BCUT2D eigenvalue weighted by atomic mass is 10.1. The van der Waals surface area contributed by atoms with Crippen LogP contribution in [-0.2, 0) is 0 Å². The highest BCUT2D eigenvalue weighted by atomic mass is 19.1. The first-order valence-corrected chi connectivity index (χ1v) is 5.59. The first-order chi connectivity index (χ1) is 9.90.